The van der Waals surface area contributed by atoms with Crippen LogP contribution in [0.1, 0.15) is 44.7 Å². The minimum absolute atomic E-state index is 0.0982. The summed E-state index contributed by atoms with van der Waals surface area (Å²) in [6.45, 7) is 6.82. The first kappa shape index (κ1) is 14.0. The second-order valence-corrected chi connectivity index (χ2v) is 9.83. The Bertz CT molecular complexity index is 611. The fourth-order valence-corrected chi connectivity index (χ4v) is 8.82. The van der Waals surface area contributed by atoms with Crippen LogP contribution < -0.4 is 4.19 Å². The van der Waals surface area contributed by atoms with Gasteiger partial charge in [0.15, 0.2) is 0 Å². The molecule has 0 radical (unpaired) electrons. The molecule has 3 unspecified atom stereocenters. The molecule has 0 amide bonds. The molecule has 1 aromatic carbocycles. The maximum atomic E-state index is 12.3. The summed E-state index contributed by atoms with van der Waals surface area (Å²) >= 11 is -3.11. The molecule has 3 aliphatic carbocycles. The molecule has 2 nitrogen and oxygen atoms in total. The number of rotatable bonds is 1. The summed E-state index contributed by atoms with van der Waals surface area (Å²) < 4.78 is 24.5. The zero-order valence-electron chi connectivity index (χ0n) is 12.9. The maximum absolute atomic E-state index is 12.3. The topological polar surface area (TPSA) is 40.1 Å². The van der Waals surface area contributed by atoms with E-state index in [1.807, 2.05) is 0 Å². The van der Waals surface area contributed by atoms with Crippen LogP contribution in [0.4, 0.5) is 0 Å². The van der Waals surface area contributed by atoms with E-state index < -0.39 is 14.2 Å². The molecule has 0 aliphatic heterocycles. The van der Waals surface area contributed by atoms with Gasteiger partial charge >= 0.3 is 131 Å². The SMILES string of the molecule is CC12CCC(C3(Cc4ccccc4C3)[C+]1[Se](=O)[O-])C2(C)C. The van der Waals surface area contributed by atoms with Crippen LogP contribution in [-0.4, -0.2) is 14.2 Å². The predicted octanol–water partition coefficient (Wildman–Crippen LogP) is 2.62. The van der Waals surface area contributed by atoms with Crippen LogP contribution in [0.25, 0.3) is 0 Å². The Morgan fingerprint density at radius 3 is 2.29 bits per heavy atom. The molecular weight excluding hydrogens is 327 g/mol. The van der Waals surface area contributed by atoms with E-state index in [1.165, 1.54) is 17.5 Å². The van der Waals surface area contributed by atoms with Gasteiger partial charge in [-0.2, -0.15) is 0 Å². The second kappa shape index (κ2) is 4.01. The van der Waals surface area contributed by atoms with Gasteiger partial charge in [0.1, 0.15) is 0 Å². The fraction of sp³-hybridized carbons (Fsp3) is 0.611. The molecule has 2 fully saturated rings. The van der Waals surface area contributed by atoms with Gasteiger partial charge in [0.25, 0.3) is 0 Å². The van der Waals surface area contributed by atoms with Crippen molar-refractivity contribution in [2.45, 2.75) is 46.5 Å². The van der Waals surface area contributed by atoms with Gasteiger partial charge in [-0.3, -0.25) is 0 Å². The van der Waals surface area contributed by atoms with Gasteiger partial charge in [-0.05, 0) is 0 Å². The van der Waals surface area contributed by atoms with E-state index in [9.17, 15) is 8.02 Å². The number of hydrogen-bond acceptors (Lipinski definition) is 2. The van der Waals surface area contributed by atoms with Crippen molar-refractivity contribution in [3.63, 3.8) is 0 Å². The molecule has 2 saturated carbocycles. The standard InChI is InChI=1S/C18H22O2Se/c1-16(2)14-8-9-17(16,3)15(21(19)20)18(14)10-12-6-4-5-7-13(12)11-18/h4-7,14H,8-11H2,1-3H3. The first-order chi connectivity index (χ1) is 9.83. The van der Waals surface area contributed by atoms with Crippen molar-refractivity contribution in [2.24, 2.45) is 22.2 Å². The molecule has 21 heavy (non-hydrogen) atoms. The van der Waals surface area contributed by atoms with Crippen molar-refractivity contribution in [1.82, 2.24) is 0 Å². The predicted molar refractivity (Wildman–Crippen MR) is 80.6 cm³/mol. The molecule has 0 N–H and O–H groups in total. The van der Waals surface area contributed by atoms with E-state index in [-0.39, 0.29) is 16.2 Å². The Morgan fingerprint density at radius 2 is 1.76 bits per heavy atom. The summed E-state index contributed by atoms with van der Waals surface area (Å²) in [7, 11) is 0. The Balaban J connectivity index is 1.89. The number of fused-ring (bicyclic) bond motifs is 4. The first-order valence-electron chi connectivity index (χ1n) is 7.87. The van der Waals surface area contributed by atoms with E-state index in [4.69, 9.17) is 0 Å². The van der Waals surface area contributed by atoms with Crippen LogP contribution in [-0.2, 0) is 16.7 Å². The average Bonchev–Trinajstić information content (AvgIpc) is 2.90. The zero-order valence-corrected chi connectivity index (χ0v) is 14.7. The van der Waals surface area contributed by atoms with Crippen LogP contribution in [0.3, 0.4) is 0 Å². The molecule has 3 heteroatoms. The van der Waals surface area contributed by atoms with Gasteiger partial charge in [-0.1, -0.05) is 0 Å². The monoisotopic (exact) mass is 350 g/mol. The van der Waals surface area contributed by atoms with Gasteiger partial charge in [0.2, 0.25) is 0 Å². The summed E-state index contributed by atoms with van der Waals surface area (Å²) in [6.07, 6.45) is 4.10. The molecule has 3 atom stereocenters. The van der Waals surface area contributed by atoms with Gasteiger partial charge in [0.05, 0.1) is 0 Å². The Morgan fingerprint density at radius 1 is 1.19 bits per heavy atom. The van der Waals surface area contributed by atoms with Crippen molar-refractivity contribution >= 4 is 14.2 Å². The molecule has 0 aromatic heterocycles. The number of benzene rings is 1. The Labute approximate surface area is 131 Å². The third-order valence-electron chi connectivity index (χ3n) is 7.14. The molecule has 1 aromatic rings. The molecule has 4 rings (SSSR count). The van der Waals surface area contributed by atoms with Crippen molar-refractivity contribution in [2.75, 3.05) is 0 Å². The minimum atomic E-state index is -3.11. The summed E-state index contributed by atoms with van der Waals surface area (Å²) in [5.74, 6) is 0.506. The van der Waals surface area contributed by atoms with Crippen molar-refractivity contribution in [1.29, 1.82) is 0 Å². The van der Waals surface area contributed by atoms with E-state index in [1.54, 1.807) is 0 Å². The molecular formula is C18H22O2Se. The van der Waals surface area contributed by atoms with Crippen LogP contribution in [0, 0.1) is 27.0 Å². The molecule has 1 spiro atoms. The van der Waals surface area contributed by atoms with E-state index in [0.29, 0.717) is 5.92 Å². The van der Waals surface area contributed by atoms with Crippen LogP contribution in [0.5, 0.6) is 0 Å². The Kier molecular flexibility index (Phi) is 2.67. The van der Waals surface area contributed by atoms with Gasteiger partial charge in [-0.25, -0.2) is 0 Å². The Hall–Kier alpha value is -0.631. The van der Waals surface area contributed by atoms with Crippen molar-refractivity contribution in [3.05, 3.63) is 40.2 Å². The van der Waals surface area contributed by atoms with E-state index in [0.717, 1.165) is 24.1 Å². The first-order valence-corrected chi connectivity index (χ1v) is 10.1. The van der Waals surface area contributed by atoms with Gasteiger partial charge in [-0.15, -0.1) is 0 Å². The summed E-state index contributed by atoms with van der Waals surface area (Å²) in [4.78, 5) is 0.924. The zero-order chi connectivity index (χ0) is 15.0. The molecule has 0 saturated heterocycles. The summed E-state index contributed by atoms with van der Waals surface area (Å²) in [6, 6.07) is 8.54. The third-order valence-corrected chi connectivity index (χ3v) is 9.64. The molecule has 3 aliphatic rings. The van der Waals surface area contributed by atoms with Crippen molar-refractivity contribution < 1.29 is 8.02 Å². The quantitative estimate of drug-likeness (QED) is 0.578. The molecule has 0 heterocycles. The van der Waals surface area contributed by atoms with Crippen LogP contribution in [0.2, 0.25) is 0 Å². The summed E-state index contributed by atoms with van der Waals surface area (Å²) in [5.41, 5.74) is 2.62. The van der Waals surface area contributed by atoms with Crippen LogP contribution in [0.15, 0.2) is 24.3 Å². The third kappa shape index (κ3) is 1.46. The van der Waals surface area contributed by atoms with Gasteiger partial charge < -0.3 is 0 Å². The van der Waals surface area contributed by atoms with Crippen LogP contribution >= 0.6 is 0 Å². The molecule has 2 bridgehead atoms. The van der Waals surface area contributed by atoms with Gasteiger partial charge in [0, 0.05) is 0 Å². The van der Waals surface area contributed by atoms with E-state index in [2.05, 4.69) is 45.0 Å². The average molecular weight is 349 g/mol. The second-order valence-electron chi connectivity index (χ2n) is 7.99. The van der Waals surface area contributed by atoms with Crippen molar-refractivity contribution in [3.8, 4) is 0 Å². The normalized spacial score (nSPS) is 36.2. The van der Waals surface area contributed by atoms with E-state index >= 15 is 0 Å². The number of hydrogen-bond donors (Lipinski definition) is 0. The summed E-state index contributed by atoms with van der Waals surface area (Å²) in [5, 5.41) is 0. The fourth-order valence-electron chi connectivity index (χ4n) is 5.98. The molecule has 112 valence electrons.